The molecule has 10 nitrogen and oxygen atoms in total. The lowest BCUT2D eigenvalue weighted by Gasteiger charge is -2.27. The molecule has 0 aliphatic carbocycles. The van der Waals surface area contributed by atoms with Gasteiger partial charge in [-0.05, 0) is 67.3 Å². The van der Waals surface area contributed by atoms with E-state index in [1.807, 2.05) is 98.8 Å². The molecule has 0 spiro atoms. The van der Waals surface area contributed by atoms with Crippen molar-refractivity contribution in [1.29, 1.82) is 0 Å². The predicted octanol–water partition coefficient (Wildman–Crippen LogP) is 4.63. The Kier molecular flexibility index (Phi) is 12.4. The van der Waals surface area contributed by atoms with Gasteiger partial charge in [0.2, 0.25) is 10.0 Å². The van der Waals surface area contributed by atoms with E-state index in [9.17, 15) is 23.1 Å². The predicted molar refractivity (Wildman–Crippen MR) is 189 cm³/mol. The normalized spacial score (nSPS) is 13.9. The number of aliphatic hydroxyl groups excluding tert-OH is 1. The van der Waals surface area contributed by atoms with Gasteiger partial charge in [-0.2, -0.15) is 0 Å². The first-order valence-electron chi connectivity index (χ1n) is 15.7. The van der Waals surface area contributed by atoms with Gasteiger partial charge in [0.1, 0.15) is 5.75 Å². The molecule has 0 fully saturated rings. The summed E-state index contributed by atoms with van der Waals surface area (Å²) in [5, 5.41) is 20.6. The minimum absolute atomic E-state index is 0.0727. The van der Waals surface area contributed by atoms with Crippen molar-refractivity contribution in [3.05, 3.63) is 131 Å². The van der Waals surface area contributed by atoms with E-state index in [-0.39, 0.29) is 35.4 Å². The molecule has 0 saturated heterocycles. The van der Waals surface area contributed by atoms with Gasteiger partial charge in [-0.25, -0.2) is 8.42 Å². The molecule has 0 aliphatic heterocycles. The number of rotatable bonds is 15. The number of carbonyl (C=O) groups excluding carboxylic acids is 2. The molecule has 0 heterocycles. The minimum Gasteiger partial charge on any atom is -0.497 e. The Morgan fingerprint density at radius 3 is 1.98 bits per heavy atom. The Bertz CT molecular complexity index is 1790. The molecule has 11 heteroatoms. The molecular weight excluding hydrogens is 628 g/mol. The number of amides is 2. The van der Waals surface area contributed by atoms with E-state index in [1.54, 1.807) is 7.11 Å². The Morgan fingerprint density at radius 2 is 1.38 bits per heavy atom. The van der Waals surface area contributed by atoms with Gasteiger partial charge in [-0.1, -0.05) is 72.8 Å². The van der Waals surface area contributed by atoms with Gasteiger partial charge < -0.3 is 25.8 Å². The number of hydrogen-bond acceptors (Lipinski definition) is 7. The summed E-state index contributed by atoms with van der Waals surface area (Å²) in [6.07, 6.45) is 0.370. The molecule has 4 aromatic rings. The van der Waals surface area contributed by atoms with Gasteiger partial charge >= 0.3 is 0 Å². The molecule has 0 radical (unpaired) electrons. The van der Waals surface area contributed by atoms with Gasteiger partial charge in [-0.15, -0.1) is 0 Å². The molecule has 254 valence electrons. The number of nitrogens with one attached hydrogen (secondary N) is 3. The van der Waals surface area contributed by atoms with Gasteiger partial charge in [-0.3, -0.25) is 13.9 Å². The van der Waals surface area contributed by atoms with Gasteiger partial charge in [0, 0.05) is 30.8 Å². The van der Waals surface area contributed by atoms with Crippen LogP contribution in [0.1, 0.15) is 63.3 Å². The lowest BCUT2D eigenvalue weighted by atomic mass is 9.99. The van der Waals surface area contributed by atoms with E-state index in [0.29, 0.717) is 6.42 Å². The number of hydrogen-bond donors (Lipinski definition) is 4. The fraction of sp³-hybridized carbons (Fsp3) is 0.297. The SMILES string of the molecule is COc1cccc([C@H](C)NC[C@@H](O)[C@H](Cc2ccccc2)NC(=O)c2cc(C(=O)N[C@H](C)c3ccccc3)cc(N(C)S(C)(=O)=O)c2)c1. The summed E-state index contributed by atoms with van der Waals surface area (Å²) in [4.78, 5) is 27.3. The van der Waals surface area contributed by atoms with Crippen molar-refractivity contribution in [2.45, 2.75) is 44.5 Å². The van der Waals surface area contributed by atoms with Crippen LogP contribution >= 0.6 is 0 Å². The van der Waals surface area contributed by atoms with Crippen molar-refractivity contribution in [3.63, 3.8) is 0 Å². The van der Waals surface area contributed by atoms with Gasteiger partial charge in [0.15, 0.2) is 0 Å². The second-order valence-corrected chi connectivity index (χ2v) is 13.9. The quantitative estimate of drug-likeness (QED) is 0.145. The number of ether oxygens (including phenoxy) is 1. The summed E-state index contributed by atoms with van der Waals surface area (Å²) < 4.78 is 31.3. The highest BCUT2D eigenvalue weighted by Gasteiger charge is 2.25. The maximum atomic E-state index is 13.9. The van der Waals surface area contributed by atoms with E-state index < -0.39 is 34.0 Å². The van der Waals surface area contributed by atoms with Crippen molar-refractivity contribution in [2.75, 3.05) is 31.3 Å². The van der Waals surface area contributed by atoms with Crippen molar-refractivity contribution in [3.8, 4) is 5.75 Å². The summed E-state index contributed by atoms with van der Waals surface area (Å²) in [7, 11) is -0.750. The first-order valence-corrected chi connectivity index (χ1v) is 17.6. The number of nitrogens with zero attached hydrogens (tertiary/aromatic N) is 1. The van der Waals surface area contributed by atoms with Crippen LogP contribution in [0.3, 0.4) is 0 Å². The van der Waals surface area contributed by atoms with Crippen LogP contribution in [0.15, 0.2) is 103 Å². The first kappa shape index (κ1) is 36.1. The zero-order valence-electron chi connectivity index (χ0n) is 27.9. The Hall–Kier alpha value is -4.71. The van der Waals surface area contributed by atoms with Crippen molar-refractivity contribution < 1.29 is 27.9 Å². The van der Waals surface area contributed by atoms with Crippen LogP contribution in [0, 0.1) is 0 Å². The Labute approximate surface area is 283 Å². The fourth-order valence-electron chi connectivity index (χ4n) is 5.22. The maximum Gasteiger partial charge on any atom is 0.251 e. The van der Waals surface area contributed by atoms with E-state index in [0.717, 1.165) is 33.0 Å². The second kappa shape index (κ2) is 16.4. The first-order chi connectivity index (χ1) is 22.8. The van der Waals surface area contributed by atoms with Crippen molar-refractivity contribution in [2.24, 2.45) is 0 Å². The number of benzene rings is 4. The zero-order valence-corrected chi connectivity index (χ0v) is 28.7. The number of methoxy groups -OCH3 is 1. The highest BCUT2D eigenvalue weighted by Crippen LogP contribution is 2.23. The topological polar surface area (TPSA) is 137 Å². The molecular formula is C37H44N4O6S. The van der Waals surface area contributed by atoms with E-state index in [1.165, 1.54) is 25.2 Å². The monoisotopic (exact) mass is 672 g/mol. The number of anilines is 1. The molecule has 4 rings (SSSR count). The van der Waals surface area contributed by atoms with Gasteiger partial charge in [0.05, 0.1) is 37.2 Å². The van der Waals surface area contributed by atoms with Crippen LogP contribution in [-0.2, 0) is 16.4 Å². The smallest absolute Gasteiger partial charge is 0.251 e. The molecule has 0 aromatic heterocycles. The Balaban J connectivity index is 1.59. The molecule has 2 amide bonds. The summed E-state index contributed by atoms with van der Waals surface area (Å²) in [5.74, 6) is -0.312. The maximum absolute atomic E-state index is 13.9. The third-order valence-corrected chi connectivity index (χ3v) is 9.46. The highest BCUT2D eigenvalue weighted by molar-refractivity contribution is 7.92. The largest absolute Gasteiger partial charge is 0.497 e. The lowest BCUT2D eigenvalue weighted by Crippen LogP contribution is -2.49. The molecule has 0 bridgehead atoms. The van der Waals surface area contributed by atoms with Crippen LogP contribution in [0.25, 0.3) is 0 Å². The minimum atomic E-state index is -3.71. The molecule has 4 N–H and O–H groups in total. The van der Waals surface area contributed by atoms with Crippen molar-refractivity contribution in [1.82, 2.24) is 16.0 Å². The average molecular weight is 673 g/mol. The van der Waals surface area contributed by atoms with Crippen LogP contribution < -0.4 is 25.0 Å². The standard InChI is InChI=1S/C37H44N4O6S/c1-25(29-17-12-18-33(23-29)47-4)38-24-35(42)34(19-27-13-8-6-9-14-27)40-37(44)31-20-30(21-32(22-31)41(3)48(5,45)46)36(43)39-26(2)28-15-10-7-11-16-28/h6-18,20-23,25-26,34-35,38,42H,19,24H2,1-5H3,(H,39,43)(H,40,44)/t25-,26+,34-,35+/m0/s1. The molecule has 4 atom stereocenters. The van der Waals surface area contributed by atoms with Crippen LogP contribution in [0.5, 0.6) is 5.75 Å². The van der Waals surface area contributed by atoms with Crippen LogP contribution in [0.2, 0.25) is 0 Å². The number of aliphatic hydroxyl groups is 1. The second-order valence-electron chi connectivity index (χ2n) is 11.8. The van der Waals surface area contributed by atoms with E-state index >= 15 is 0 Å². The van der Waals surface area contributed by atoms with Gasteiger partial charge in [0.25, 0.3) is 11.8 Å². The van der Waals surface area contributed by atoms with Crippen LogP contribution in [0.4, 0.5) is 5.69 Å². The summed E-state index contributed by atoms with van der Waals surface area (Å²) >= 11 is 0. The summed E-state index contributed by atoms with van der Waals surface area (Å²) in [5.41, 5.74) is 3.11. The summed E-state index contributed by atoms with van der Waals surface area (Å²) in [6.45, 7) is 3.98. The van der Waals surface area contributed by atoms with E-state index in [2.05, 4.69) is 16.0 Å². The van der Waals surface area contributed by atoms with Crippen molar-refractivity contribution >= 4 is 27.5 Å². The third-order valence-electron chi connectivity index (χ3n) is 8.26. The van der Waals surface area contributed by atoms with Crippen LogP contribution in [-0.4, -0.2) is 64.4 Å². The zero-order chi connectivity index (χ0) is 34.8. The number of carbonyl (C=O) groups is 2. The number of sulfonamides is 1. The average Bonchev–Trinajstić information content (AvgIpc) is 3.09. The third kappa shape index (κ3) is 9.90. The highest BCUT2D eigenvalue weighted by atomic mass is 32.2. The molecule has 48 heavy (non-hydrogen) atoms. The molecule has 0 aliphatic rings. The Morgan fingerprint density at radius 1 is 0.792 bits per heavy atom. The molecule has 0 saturated carbocycles. The summed E-state index contributed by atoms with van der Waals surface area (Å²) in [6, 6.07) is 29.6. The lowest BCUT2D eigenvalue weighted by molar-refractivity contribution is 0.0825. The fourth-order valence-corrected chi connectivity index (χ4v) is 5.71. The van der Waals surface area contributed by atoms with E-state index in [4.69, 9.17) is 4.74 Å². The molecule has 0 unspecified atom stereocenters. The molecule has 4 aromatic carbocycles.